The summed E-state index contributed by atoms with van der Waals surface area (Å²) >= 11 is 9.85. The third-order valence-corrected chi connectivity index (χ3v) is 5.63. The number of halogens is 2. The molecule has 146 valence electrons. The van der Waals surface area contributed by atoms with Gasteiger partial charge in [0, 0.05) is 9.50 Å². The molecule has 0 saturated carbocycles. The maximum absolute atomic E-state index is 10.6. The second kappa shape index (κ2) is 7.67. The van der Waals surface area contributed by atoms with Gasteiger partial charge in [-0.15, -0.1) is 0 Å². The Balaban J connectivity index is 2.11. The van der Waals surface area contributed by atoms with Crippen molar-refractivity contribution in [2.45, 2.75) is 45.6 Å². The summed E-state index contributed by atoms with van der Waals surface area (Å²) in [5.41, 5.74) is 5.57. The molecule has 0 heterocycles. The molecule has 3 rings (SSSR count). The van der Waals surface area contributed by atoms with Gasteiger partial charge in [-0.3, -0.25) is 0 Å². The SMILES string of the molecule is CC(C)(C)c1ccc(-c2cc(Br)cc(-c3ccc(Cl)cc3C(C)(C)O)c2)cc1. The standard InChI is InChI=1S/C25H26BrClO/c1-24(2,3)19-8-6-16(7-9-19)17-12-18(14-20(26)13-17)22-11-10-21(27)15-23(22)25(4,5)28/h6-15,28H,1-5H3. The molecule has 1 N–H and O–H groups in total. The molecule has 0 saturated heterocycles. The van der Waals surface area contributed by atoms with E-state index in [-0.39, 0.29) is 5.41 Å². The molecule has 0 aliphatic carbocycles. The quantitative estimate of drug-likeness (QED) is 0.423. The molecule has 0 atom stereocenters. The Morgan fingerprint density at radius 2 is 1.36 bits per heavy atom. The summed E-state index contributed by atoms with van der Waals surface area (Å²) in [6, 6.07) is 20.8. The maximum Gasteiger partial charge on any atom is 0.0847 e. The summed E-state index contributed by atoms with van der Waals surface area (Å²) in [7, 11) is 0. The van der Waals surface area contributed by atoms with Crippen LogP contribution in [0, 0.1) is 0 Å². The molecule has 0 aliphatic heterocycles. The first-order chi connectivity index (χ1) is 12.9. The minimum atomic E-state index is -0.989. The largest absolute Gasteiger partial charge is 0.386 e. The molecule has 1 nitrogen and oxygen atoms in total. The van der Waals surface area contributed by atoms with Gasteiger partial charge in [-0.05, 0) is 83.0 Å². The molecular weight excluding hydrogens is 432 g/mol. The normalized spacial score (nSPS) is 12.3. The molecule has 0 amide bonds. The number of hydrogen-bond donors (Lipinski definition) is 1. The predicted octanol–water partition coefficient (Wildman–Crippen LogP) is 7.96. The molecule has 0 fully saturated rings. The molecule has 0 aromatic heterocycles. The van der Waals surface area contributed by atoms with Gasteiger partial charge in [-0.1, -0.05) is 78.6 Å². The third-order valence-electron chi connectivity index (χ3n) is 4.93. The Bertz CT molecular complexity index is 993. The van der Waals surface area contributed by atoms with Crippen molar-refractivity contribution in [3.05, 3.63) is 81.3 Å². The Labute approximate surface area is 181 Å². The fourth-order valence-electron chi connectivity index (χ4n) is 3.35. The van der Waals surface area contributed by atoms with Crippen molar-refractivity contribution in [3.63, 3.8) is 0 Å². The van der Waals surface area contributed by atoms with Crippen LogP contribution in [0.25, 0.3) is 22.3 Å². The van der Waals surface area contributed by atoms with E-state index in [0.29, 0.717) is 5.02 Å². The summed E-state index contributed by atoms with van der Waals surface area (Å²) in [6.45, 7) is 10.2. The van der Waals surface area contributed by atoms with E-state index in [0.717, 1.165) is 32.3 Å². The highest BCUT2D eigenvalue weighted by Gasteiger charge is 2.22. The molecule has 0 bridgehead atoms. The van der Waals surface area contributed by atoms with Gasteiger partial charge in [0.1, 0.15) is 0 Å². The van der Waals surface area contributed by atoms with Crippen LogP contribution in [0.15, 0.2) is 65.1 Å². The summed E-state index contributed by atoms with van der Waals surface area (Å²) in [5.74, 6) is 0. The van der Waals surface area contributed by atoms with Crippen molar-refractivity contribution in [3.8, 4) is 22.3 Å². The summed E-state index contributed by atoms with van der Waals surface area (Å²) in [5, 5.41) is 11.3. The molecule has 0 aliphatic rings. The summed E-state index contributed by atoms with van der Waals surface area (Å²) < 4.78 is 0.997. The second-order valence-corrected chi connectivity index (χ2v) is 10.2. The van der Waals surface area contributed by atoms with E-state index in [9.17, 15) is 5.11 Å². The topological polar surface area (TPSA) is 20.2 Å². The maximum atomic E-state index is 10.6. The van der Waals surface area contributed by atoms with Crippen LogP contribution in [-0.2, 0) is 11.0 Å². The first-order valence-electron chi connectivity index (χ1n) is 9.39. The van der Waals surface area contributed by atoms with Crippen LogP contribution in [0.4, 0.5) is 0 Å². The number of rotatable bonds is 3. The number of hydrogen-bond acceptors (Lipinski definition) is 1. The molecule has 3 aromatic carbocycles. The van der Waals surface area contributed by atoms with E-state index in [1.807, 2.05) is 18.2 Å². The molecule has 0 spiro atoms. The monoisotopic (exact) mass is 456 g/mol. The average Bonchev–Trinajstić information content (AvgIpc) is 2.60. The van der Waals surface area contributed by atoms with Gasteiger partial charge in [0.2, 0.25) is 0 Å². The zero-order chi connectivity index (χ0) is 20.7. The van der Waals surface area contributed by atoms with Crippen LogP contribution in [0.3, 0.4) is 0 Å². The van der Waals surface area contributed by atoms with Gasteiger partial charge in [0.25, 0.3) is 0 Å². The number of aliphatic hydroxyl groups is 1. The predicted molar refractivity (Wildman–Crippen MR) is 124 cm³/mol. The zero-order valence-corrected chi connectivity index (χ0v) is 19.3. The molecule has 3 aromatic rings. The third kappa shape index (κ3) is 4.68. The lowest BCUT2D eigenvalue weighted by Gasteiger charge is -2.23. The highest BCUT2D eigenvalue weighted by Crippen LogP contribution is 2.37. The summed E-state index contributed by atoms with van der Waals surface area (Å²) in [6.07, 6.45) is 0. The minimum Gasteiger partial charge on any atom is -0.386 e. The van der Waals surface area contributed by atoms with Gasteiger partial charge >= 0.3 is 0 Å². The highest BCUT2D eigenvalue weighted by molar-refractivity contribution is 9.10. The second-order valence-electron chi connectivity index (χ2n) is 8.80. The van der Waals surface area contributed by atoms with Crippen LogP contribution in [0.1, 0.15) is 45.7 Å². The van der Waals surface area contributed by atoms with Gasteiger partial charge in [0.15, 0.2) is 0 Å². The lowest BCUT2D eigenvalue weighted by Crippen LogP contribution is -2.16. The van der Waals surface area contributed by atoms with Crippen LogP contribution in [0.2, 0.25) is 5.02 Å². The van der Waals surface area contributed by atoms with E-state index >= 15 is 0 Å². The molecular formula is C25H26BrClO. The molecule has 28 heavy (non-hydrogen) atoms. The fraction of sp³-hybridized carbons (Fsp3) is 0.280. The van der Waals surface area contributed by atoms with Crippen molar-refractivity contribution < 1.29 is 5.11 Å². The highest BCUT2D eigenvalue weighted by atomic mass is 79.9. The van der Waals surface area contributed by atoms with E-state index in [1.165, 1.54) is 5.56 Å². The van der Waals surface area contributed by atoms with Crippen molar-refractivity contribution in [2.24, 2.45) is 0 Å². The van der Waals surface area contributed by atoms with Gasteiger partial charge in [-0.2, -0.15) is 0 Å². The van der Waals surface area contributed by atoms with Crippen LogP contribution < -0.4 is 0 Å². The van der Waals surface area contributed by atoms with Crippen LogP contribution >= 0.6 is 27.5 Å². The Morgan fingerprint density at radius 1 is 0.750 bits per heavy atom. The van der Waals surface area contributed by atoms with E-state index in [4.69, 9.17) is 11.6 Å². The van der Waals surface area contributed by atoms with Gasteiger partial charge in [0.05, 0.1) is 5.60 Å². The van der Waals surface area contributed by atoms with Gasteiger partial charge in [-0.25, -0.2) is 0 Å². The van der Waals surface area contributed by atoms with Crippen LogP contribution in [0.5, 0.6) is 0 Å². The Kier molecular flexibility index (Phi) is 5.78. The molecule has 0 unspecified atom stereocenters. The first kappa shape index (κ1) is 21.1. The Hall–Kier alpha value is -1.61. The lowest BCUT2D eigenvalue weighted by atomic mass is 9.85. The van der Waals surface area contributed by atoms with E-state index in [1.54, 1.807) is 13.8 Å². The molecule has 3 heteroatoms. The minimum absolute atomic E-state index is 0.131. The zero-order valence-electron chi connectivity index (χ0n) is 17.0. The smallest absolute Gasteiger partial charge is 0.0847 e. The lowest BCUT2D eigenvalue weighted by molar-refractivity contribution is 0.0792. The first-order valence-corrected chi connectivity index (χ1v) is 10.6. The van der Waals surface area contributed by atoms with Crippen molar-refractivity contribution >= 4 is 27.5 Å². The van der Waals surface area contributed by atoms with Crippen molar-refractivity contribution in [1.82, 2.24) is 0 Å². The molecule has 0 radical (unpaired) electrons. The number of benzene rings is 3. The summed E-state index contributed by atoms with van der Waals surface area (Å²) in [4.78, 5) is 0. The van der Waals surface area contributed by atoms with Gasteiger partial charge < -0.3 is 5.11 Å². The fourth-order valence-corrected chi connectivity index (χ4v) is 4.01. The van der Waals surface area contributed by atoms with Crippen molar-refractivity contribution in [2.75, 3.05) is 0 Å². The van der Waals surface area contributed by atoms with E-state index in [2.05, 4.69) is 79.2 Å². The van der Waals surface area contributed by atoms with E-state index < -0.39 is 5.60 Å². The average molecular weight is 458 g/mol. The Morgan fingerprint density at radius 3 is 1.93 bits per heavy atom. The van der Waals surface area contributed by atoms with Crippen molar-refractivity contribution in [1.29, 1.82) is 0 Å². The van der Waals surface area contributed by atoms with Crippen LogP contribution in [-0.4, -0.2) is 5.11 Å².